The Hall–Kier alpha value is -0.410. The lowest BCUT2D eigenvalue weighted by Crippen LogP contribution is -2.44. The number of hydrogen-bond acceptors (Lipinski definition) is 3. The normalized spacial score (nSPS) is 22.6. The number of likely N-dealkylation sites (tertiary alicyclic amines) is 1. The van der Waals surface area contributed by atoms with Crippen LogP contribution in [0.1, 0.15) is 39.5 Å². The molecule has 1 saturated heterocycles. The van der Waals surface area contributed by atoms with E-state index in [9.17, 15) is 4.79 Å². The average molecular weight is 241 g/mol. The van der Waals surface area contributed by atoms with E-state index in [1.54, 1.807) is 7.11 Å². The highest BCUT2D eigenvalue weighted by Crippen LogP contribution is 2.27. The lowest BCUT2D eigenvalue weighted by Gasteiger charge is -2.38. The molecule has 3 nitrogen and oxygen atoms in total. The Balaban J connectivity index is 2.51. The number of ether oxygens (including phenoxy) is 1. The van der Waals surface area contributed by atoms with Crippen molar-refractivity contribution in [2.75, 3.05) is 33.4 Å². The van der Waals surface area contributed by atoms with Gasteiger partial charge in [0.2, 0.25) is 0 Å². The third-order valence-corrected chi connectivity index (χ3v) is 4.20. The third kappa shape index (κ3) is 4.07. The summed E-state index contributed by atoms with van der Waals surface area (Å²) in [6.07, 6.45) is 5.55. The van der Waals surface area contributed by atoms with Crippen LogP contribution in [0, 0.1) is 11.3 Å². The average Bonchev–Trinajstić information content (AvgIpc) is 2.37. The van der Waals surface area contributed by atoms with Crippen molar-refractivity contribution in [2.45, 2.75) is 39.5 Å². The number of nitrogens with zero attached hydrogens (tertiary/aromatic N) is 1. The van der Waals surface area contributed by atoms with Crippen LogP contribution in [-0.2, 0) is 9.53 Å². The van der Waals surface area contributed by atoms with Gasteiger partial charge in [0.25, 0.3) is 0 Å². The minimum absolute atomic E-state index is 0.130. The summed E-state index contributed by atoms with van der Waals surface area (Å²) in [5, 5.41) is 0. The molecule has 1 fully saturated rings. The standard InChI is InChI=1S/C14H27NO2/c1-4-14(5-2,12-16)11-15-8-6-7-13(9-15)10-17-3/h12-13H,4-11H2,1-3H3. The predicted octanol–water partition coefficient (Wildman–Crippen LogP) is 2.35. The minimum Gasteiger partial charge on any atom is -0.384 e. The minimum atomic E-state index is -0.130. The van der Waals surface area contributed by atoms with Gasteiger partial charge in [-0.2, -0.15) is 0 Å². The molecule has 100 valence electrons. The first-order valence-electron chi connectivity index (χ1n) is 6.87. The number of aldehydes is 1. The second-order valence-corrected chi connectivity index (χ2v) is 5.39. The first-order valence-corrected chi connectivity index (χ1v) is 6.87. The number of rotatable bonds is 7. The molecular formula is C14H27NO2. The maximum atomic E-state index is 11.3. The zero-order chi connectivity index (χ0) is 12.7. The van der Waals surface area contributed by atoms with Crippen LogP contribution in [0.25, 0.3) is 0 Å². The van der Waals surface area contributed by atoms with Crippen molar-refractivity contribution in [3.63, 3.8) is 0 Å². The summed E-state index contributed by atoms with van der Waals surface area (Å²) in [6.45, 7) is 8.23. The van der Waals surface area contributed by atoms with Crippen LogP contribution in [0.2, 0.25) is 0 Å². The van der Waals surface area contributed by atoms with Gasteiger partial charge in [0.15, 0.2) is 0 Å². The summed E-state index contributed by atoms with van der Waals surface area (Å²) in [4.78, 5) is 13.8. The largest absolute Gasteiger partial charge is 0.384 e. The van der Waals surface area contributed by atoms with Gasteiger partial charge < -0.3 is 14.4 Å². The van der Waals surface area contributed by atoms with Crippen LogP contribution >= 0.6 is 0 Å². The number of piperidine rings is 1. The first-order chi connectivity index (χ1) is 8.19. The van der Waals surface area contributed by atoms with Crippen molar-refractivity contribution in [1.82, 2.24) is 4.90 Å². The third-order valence-electron chi connectivity index (χ3n) is 4.20. The number of carbonyl (C=O) groups is 1. The summed E-state index contributed by atoms with van der Waals surface area (Å²) in [5.74, 6) is 0.645. The molecule has 0 aromatic rings. The summed E-state index contributed by atoms with van der Waals surface area (Å²) >= 11 is 0. The zero-order valence-electron chi connectivity index (χ0n) is 11.6. The summed E-state index contributed by atoms with van der Waals surface area (Å²) < 4.78 is 5.24. The molecule has 1 atom stereocenters. The van der Waals surface area contributed by atoms with Crippen LogP contribution in [0.5, 0.6) is 0 Å². The molecule has 0 aliphatic carbocycles. The topological polar surface area (TPSA) is 29.5 Å². The summed E-state index contributed by atoms with van der Waals surface area (Å²) in [7, 11) is 1.77. The van der Waals surface area contributed by atoms with Crippen molar-refractivity contribution in [1.29, 1.82) is 0 Å². The molecule has 1 unspecified atom stereocenters. The fraction of sp³-hybridized carbons (Fsp3) is 0.929. The molecule has 0 bridgehead atoms. The second-order valence-electron chi connectivity index (χ2n) is 5.39. The molecule has 0 spiro atoms. The monoisotopic (exact) mass is 241 g/mol. The van der Waals surface area contributed by atoms with Gasteiger partial charge in [-0.15, -0.1) is 0 Å². The molecule has 0 aromatic carbocycles. The zero-order valence-corrected chi connectivity index (χ0v) is 11.6. The van der Waals surface area contributed by atoms with Crippen LogP contribution in [0.4, 0.5) is 0 Å². The molecule has 0 radical (unpaired) electrons. The Kier molecular flexibility index (Phi) is 6.14. The molecule has 1 aliphatic rings. The fourth-order valence-corrected chi connectivity index (χ4v) is 2.79. The Morgan fingerprint density at radius 3 is 2.65 bits per heavy atom. The van der Waals surface area contributed by atoms with Crippen LogP contribution < -0.4 is 0 Å². The Labute approximate surface area is 106 Å². The number of carbonyl (C=O) groups excluding carboxylic acids is 1. The van der Waals surface area contributed by atoms with Crippen molar-refractivity contribution >= 4 is 6.29 Å². The van der Waals surface area contributed by atoms with Crippen molar-refractivity contribution < 1.29 is 9.53 Å². The Morgan fingerprint density at radius 1 is 1.41 bits per heavy atom. The van der Waals surface area contributed by atoms with E-state index in [0.29, 0.717) is 5.92 Å². The van der Waals surface area contributed by atoms with Gasteiger partial charge in [-0.25, -0.2) is 0 Å². The number of methoxy groups -OCH3 is 1. The Morgan fingerprint density at radius 2 is 2.12 bits per heavy atom. The van der Waals surface area contributed by atoms with Crippen molar-refractivity contribution in [3.8, 4) is 0 Å². The molecule has 3 heteroatoms. The van der Waals surface area contributed by atoms with E-state index in [1.165, 1.54) is 19.1 Å². The van der Waals surface area contributed by atoms with E-state index >= 15 is 0 Å². The molecule has 0 amide bonds. The van der Waals surface area contributed by atoms with Gasteiger partial charge in [0.1, 0.15) is 6.29 Å². The maximum absolute atomic E-state index is 11.3. The lowest BCUT2D eigenvalue weighted by atomic mass is 9.82. The summed E-state index contributed by atoms with van der Waals surface area (Å²) in [6, 6.07) is 0. The highest BCUT2D eigenvalue weighted by Gasteiger charge is 2.30. The molecule has 0 saturated carbocycles. The maximum Gasteiger partial charge on any atom is 0.127 e. The van der Waals surface area contributed by atoms with E-state index in [2.05, 4.69) is 18.7 Å². The van der Waals surface area contributed by atoms with Crippen molar-refractivity contribution in [3.05, 3.63) is 0 Å². The van der Waals surface area contributed by atoms with Gasteiger partial charge in [-0.3, -0.25) is 0 Å². The van der Waals surface area contributed by atoms with Gasteiger partial charge in [-0.1, -0.05) is 13.8 Å². The van der Waals surface area contributed by atoms with Gasteiger partial charge in [0, 0.05) is 25.6 Å². The van der Waals surface area contributed by atoms with Gasteiger partial charge >= 0.3 is 0 Å². The molecular weight excluding hydrogens is 214 g/mol. The Bertz CT molecular complexity index is 224. The first kappa shape index (κ1) is 14.7. The SMILES string of the molecule is CCC(C=O)(CC)CN1CCCC(COC)C1. The quantitative estimate of drug-likeness (QED) is 0.641. The molecule has 0 aromatic heterocycles. The molecule has 1 heterocycles. The molecule has 0 N–H and O–H groups in total. The van der Waals surface area contributed by atoms with Gasteiger partial charge in [0.05, 0.1) is 6.61 Å². The van der Waals surface area contributed by atoms with Crippen molar-refractivity contribution in [2.24, 2.45) is 11.3 Å². The van der Waals surface area contributed by atoms with E-state index < -0.39 is 0 Å². The van der Waals surface area contributed by atoms with E-state index in [4.69, 9.17) is 4.74 Å². The number of hydrogen-bond donors (Lipinski definition) is 0. The fourth-order valence-electron chi connectivity index (χ4n) is 2.79. The van der Waals surface area contributed by atoms with Gasteiger partial charge in [-0.05, 0) is 38.1 Å². The second kappa shape index (κ2) is 7.12. The molecule has 1 aliphatic heterocycles. The molecule has 17 heavy (non-hydrogen) atoms. The lowest BCUT2D eigenvalue weighted by molar-refractivity contribution is -0.118. The highest BCUT2D eigenvalue weighted by molar-refractivity contribution is 5.59. The van der Waals surface area contributed by atoms with E-state index in [-0.39, 0.29) is 5.41 Å². The van der Waals surface area contributed by atoms with E-state index in [0.717, 1.165) is 39.1 Å². The molecule has 1 rings (SSSR count). The highest BCUT2D eigenvalue weighted by atomic mass is 16.5. The van der Waals surface area contributed by atoms with E-state index in [1.807, 2.05) is 0 Å². The summed E-state index contributed by atoms with van der Waals surface area (Å²) in [5.41, 5.74) is -0.130. The van der Waals surface area contributed by atoms with Crippen LogP contribution in [-0.4, -0.2) is 44.5 Å². The van der Waals surface area contributed by atoms with Crippen LogP contribution in [0.3, 0.4) is 0 Å². The van der Waals surface area contributed by atoms with Crippen LogP contribution in [0.15, 0.2) is 0 Å². The smallest absolute Gasteiger partial charge is 0.127 e. The predicted molar refractivity (Wildman–Crippen MR) is 70.1 cm³/mol.